The molecule has 33 heavy (non-hydrogen) atoms. The fourth-order valence-corrected chi connectivity index (χ4v) is 4.60. The Labute approximate surface area is 193 Å². The molecule has 0 aliphatic rings. The van der Waals surface area contributed by atoms with Gasteiger partial charge < -0.3 is 4.42 Å². The van der Waals surface area contributed by atoms with Gasteiger partial charge in [0.1, 0.15) is 25.2 Å². The van der Waals surface area contributed by atoms with E-state index >= 15 is 0 Å². The standard InChI is InChI=1S/C30H26NO2/c32-30-28(20-27-18-10-11-19-29(27)33-30)31(21-24-12-4-1-5-13-24,22-25-14-6-2-7-15-25)23-26-16-8-3-9-17-26/h1-20H,21-23H2/q+1. The predicted octanol–water partition coefficient (Wildman–Crippen LogP) is 6.70. The van der Waals surface area contributed by atoms with Crippen LogP contribution in [0.4, 0.5) is 5.69 Å². The fourth-order valence-electron chi connectivity index (χ4n) is 4.60. The van der Waals surface area contributed by atoms with Gasteiger partial charge >= 0.3 is 5.63 Å². The molecule has 0 radical (unpaired) electrons. The van der Waals surface area contributed by atoms with Crippen LogP contribution in [-0.2, 0) is 19.6 Å². The van der Waals surface area contributed by atoms with Crippen molar-refractivity contribution in [2.45, 2.75) is 19.6 Å². The Bertz CT molecular complexity index is 1290. The minimum atomic E-state index is -0.281. The number of nitrogens with zero attached hydrogens (tertiary/aromatic N) is 1. The molecule has 0 unspecified atom stereocenters. The number of para-hydroxylation sites is 1. The highest BCUT2D eigenvalue weighted by Crippen LogP contribution is 2.32. The van der Waals surface area contributed by atoms with Gasteiger partial charge in [-0.1, -0.05) is 109 Å². The number of fused-ring (bicyclic) bond motifs is 1. The lowest BCUT2D eigenvalue weighted by Gasteiger charge is -2.37. The molecule has 5 rings (SSSR count). The number of rotatable bonds is 7. The lowest BCUT2D eigenvalue weighted by atomic mass is 10.0. The molecule has 0 aliphatic carbocycles. The van der Waals surface area contributed by atoms with E-state index < -0.39 is 0 Å². The maximum atomic E-state index is 13.5. The van der Waals surface area contributed by atoms with Crippen LogP contribution in [0.15, 0.2) is 131 Å². The SMILES string of the molecule is O=c1oc2ccccc2cc1[N+](Cc1ccccc1)(Cc1ccccc1)Cc1ccccc1. The number of hydrogen-bond donors (Lipinski definition) is 0. The van der Waals surface area contributed by atoms with Crippen LogP contribution in [0.1, 0.15) is 16.7 Å². The molecule has 0 aliphatic heterocycles. The third-order valence-electron chi connectivity index (χ3n) is 6.12. The molecule has 0 bridgehead atoms. The zero-order valence-electron chi connectivity index (χ0n) is 18.4. The summed E-state index contributed by atoms with van der Waals surface area (Å²) in [5, 5.41) is 0.934. The first-order valence-corrected chi connectivity index (χ1v) is 11.2. The monoisotopic (exact) mass is 432 g/mol. The molecule has 4 aromatic carbocycles. The van der Waals surface area contributed by atoms with Gasteiger partial charge in [-0.05, 0) is 6.07 Å². The third-order valence-corrected chi connectivity index (χ3v) is 6.12. The van der Waals surface area contributed by atoms with E-state index in [4.69, 9.17) is 4.42 Å². The lowest BCUT2D eigenvalue weighted by molar-refractivity contribution is 0.239. The molecular formula is C30H26NO2+. The van der Waals surface area contributed by atoms with Crippen LogP contribution in [0.25, 0.3) is 11.0 Å². The second-order valence-corrected chi connectivity index (χ2v) is 8.53. The normalized spacial score (nSPS) is 11.5. The average Bonchev–Trinajstić information content (AvgIpc) is 2.85. The molecule has 5 aromatic rings. The van der Waals surface area contributed by atoms with Crippen LogP contribution in [0, 0.1) is 0 Å². The molecule has 0 fully saturated rings. The van der Waals surface area contributed by atoms with Crippen molar-refractivity contribution in [1.82, 2.24) is 4.48 Å². The first-order valence-electron chi connectivity index (χ1n) is 11.2. The largest absolute Gasteiger partial charge is 0.418 e. The molecule has 162 valence electrons. The van der Waals surface area contributed by atoms with Crippen molar-refractivity contribution < 1.29 is 4.42 Å². The van der Waals surface area contributed by atoms with Gasteiger partial charge in [0, 0.05) is 28.1 Å². The number of quaternary nitrogens is 1. The Hall–Kier alpha value is -3.95. The summed E-state index contributed by atoms with van der Waals surface area (Å²) in [6, 6.07) is 40.9. The average molecular weight is 433 g/mol. The Kier molecular flexibility index (Phi) is 5.88. The first kappa shape index (κ1) is 20.9. The van der Waals surface area contributed by atoms with E-state index in [0.29, 0.717) is 35.4 Å². The topological polar surface area (TPSA) is 30.2 Å². The van der Waals surface area contributed by atoms with E-state index in [1.807, 2.05) is 48.5 Å². The van der Waals surface area contributed by atoms with Gasteiger partial charge in [-0.3, -0.25) is 4.48 Å². The van der Waals surface area contributed by atoms with E-state index in [1.54, 1.807) is 0 Å². The molecule has 0 N–H and O–H groups in total. The molecule has 0 amide bonds. The number of hydrogen-bond acceptors (Lipinski definition) is 2. The molecule has 0 saturated carbocycles. The van der Waals surface area contributed by atoms with E-state index in [-0.39, 0.29) is 5.63 Å². The minimum Gasteiger partial charge on any atom is -0.418 e. The maximum Gasteiger partial charge on any atom is 0.398 e. The summed E-state index contributed by atoms with van der Waals surface area (Å²) >= 11 is 0. The van der Waals surface area contributed by atoms with Gasteiger partial charge in [-0.2, -0.15) is 0 Å². The molecule has 3 nitrogen and oxygen atoms in total. The van der Waals surface area contributed by atoms with Crippen LogP contribution in [-0.4, -0.2) is 0 Å². The van der Waals surface area contributed by atoms with Crippen molar-refractivity contribution in [3.05, 3.63) is 148 Å². The highest BCUT2D eigenvalue weighted by atomic mass is 16.4. The van der Waals surface area contributed by atoms with E-state index in [9.17, 15) is 4.79 Å². The zero-order valence-corrected chi connectivity index (χ0v) is 18.4. The summed E-state index contributed by atoms with van der Waals surface area (Å²) in [6.07, 6.45) is 0. The van der Waals surface area contributed by atoms with Gasteiger partial charge in [-0.15, -0.1) is 0 Å². The Morgan fingerprint density at radius 2 is 0.970 bits per heavy atom. The van der Waals surface area contributed by atoms with E-state index in [2.05, 4.69) is 72.8 Å². The second kappa shape index (κ2) is 9.27. The van der Waals surface area contributed by atoms with E-state index in [0.717, 1.165) is 5.39 Å². The summed E-state index contributed by atoms with van der Waals surface area (Å²) < 4.78 is 6.28. The predicted molar refractivity (Wildman–Crippen MR) is 135 cm³/mol. The summed E-state index contributed by atoms with van der Waals surface area (Å²) in [6.45, 7) is 2.02. The molecule has 0 saturated heterocycles. The maximum absolute atomic E-state index is 13.5. The molecule has 0 spiro atoms. The molecule has 3 heteroatoms. The van der Waals surface area contributed by atoms with Gasteiger partial charge in [-0.25, -0.2) is 4.79 Å². The van der Waals surface area contributed by atoms with Crippen molar-refractivity contribution in [2.24, 2.45) is 0 Å². The van der Waals surface area contributed by atoms with Gasteiger partial charge in [0.25, 0.3) is 0 Å². The van der Waals surface area contributed by atoms with Crippen molar-refractivity contribution >= 4 is 16.7 Å². The van der Waals surface area contributed by atoms with Crippen LogP contribution in [0.2, 0.25) is 0 Å². The fraction of sp³-hybridized carbons (Fsp3) is 0.100. The highest BCUT2D eigenvalue weighted by molar-refractivity contribution is 5.79. The van der Waals surface area contributed by atoms with Gasteiger partial charge in [0.05, 0.1) is 0 Å². The Balaban J connectivity index is 1.74. The smallest absolute Gasteiger partial charge is 0.398 e. The molecule has 1 heterocycles. The summed E-state index contributed by atoms with van der Waals surface area (Å²) in [7, 11) is 0. The van der Waals surface area contributed by atoms with E-state index in [1.165, 1.54) is 16.7 Å². The van der Waals surface area contributed by atoms with Crippen molar-refractivity contribution in [1.29, 1.82) is 0 Å². The van der Waals surface area contributed by atoms with Crippen molar-refractivity contribution in [3.63, 3.8) is 0 Å². The van der Waals surface area contributed by atoms with Crippen LogP contribution < -0.4 is 10.1 Å². The molecule has 0 atom stereocenters. The summed E-state index contributed by atoms with van der Waals surface area (Å²) in [5.41, 5.74) is 4.54. The van der Waals surface area contributed by atoms with Gasteiger partial charge in [0.2, 0.25) is 5.69 Å². The molecule has 1 aromatic heterocycles. The molecular weight excluding hydrogens is 406 g/mol. The summed E-state index contributed by atoms with van der Waals surface area (Å²) in [4.78, 5) is 13.5. The summed E-state index contributed by atoms with van der Waals surface area (Å²) in [5.74, 6) is 0. The van der Waals surface area contributed by atoms with Crippen molar-refractivity contribution in [2.75, 3.05) is 0 Å². The zero-order chi connectivity index (χ0) is 22.5. The lowest BCUT2D eigenvalue weighted by Crippen LogP contribution is -2.49. The Morgan fingerprint density at radius 1 is 0.545 bits per heavy atom. The van der Waals surface area contributed by atoms with Crippen molar-refractivity contribution in [3.8, 4) is 0 Å². The number of benzene rings is 4. The third kappa shape index (κ3) is 4.64. The Morgan fingerprint density at radius 3 is 1.45 bits per heavy atom. The van der Waals surface area contributed by atoms with Crippen LogP contribution in [0.5, 0.6) is 0 Å². The first-order chi connectivity index (χ1) is 16.2. The minimum absolute atomic E-state index is 0.281. The van der Waals surface area contributed by atoms with Crippen LogP contribution in [0.3, 0.4) is 0 Å². The second-order valence-electron chi connectivity index (χ2n) is 8.53. The quantitative estimate of drug-likeness (QED) is 0.212. The van der Waals surface area contributed by atoms with Crippen LogP contribution >= 0.6 is 0 Å². The highest BCUT2D eigenvalue weighted by Gasteiger charge is 2.35. The van der Waals surface area contributed by atoms with Gasteiger partial charge in [0.15, 0.2) is 0 Å².